The number of benzene rings is 1. The van der Waals surface area contributed by atoms with Gasteiger partial charge in [-0.1, -0.05) is 20.8 Å². The van der Waals surface area contributed by atoms with Gasteiger partial charge in [-0.05, 0) is 30.0 Å². The van der Waals surface area contributed by atoms with E-state index in [1.807, 2.05) is 0 Å². The molecule has 0 bridgehead atoms. The number of phenols is 1. The fourth-order valence-electron chi connectivity index (χ4n) is 1.85. The first-order valence-corrected chi connectivity index (χ1v) is 6.14. The normalized spacial score (nSPS) is 13.6. The Labute approximate surface area is 108 Å². The second-order valence-electron chi connectivity index (χ2n) is 5.82. The van der Waals surface area contributed by atoms with Crippen LogP contribution in [0.4, 0.5) is 4.39 Å². The molecular formula is C14H22FNO2. The summed E-state index contributed by atoms with van der Waals surface area (Å²) in [7, 11) is 0. The lowest BCUT2D eigenvalue weighted by Crippen LogP contribution is -2.29. The second-order valence-corrected chi connectivity index (χ2v) is 5.82. The van der Waals surface area contributed by atoms with Crippen molar-refractivity contribution in [2.45, 2.75) is 39.8 Å². The van der Waals surface area contributed by atoms with E-state index in [2.05, 4.69) is 26.1 Å². The minimum atomic E-state index is -0.444. The summed E-state index contributed by atoms with van der Waals surface area (Å²) >= 11 is 0. The predicted molar refractivity (Wildman–Crippen MR) is 69.9 cm³/mol. The van der Waals surface area contributed by atoms with Gasteiger partial charge in [-0.25, -0.2) is 4.39 Å². The molecule has 102 valence electrons. The maximum absolute atomic E-state index is 13.0. The second kappa shape index (κ2) is 6.16. The molecule has 0 amide bonds. The van der Waals surface area contributed by atoms with E-state index in [0.29, 0.717) is 25.1 Å². The van der Waals surface area contributed by atoms with Crippen LogP contribution in [0, 0.1) is 11.2 Å². The minimum Gasteiger partial charge on any atom is -0.508 e. The molecule has 0 aliphatic rings. The third kappa shape index (κ3) is 5.47. The SMILES string of the molecule is CC(C)(C)CC(O)CNCc1cc(F)ccc1O. The van der Waals surface area contributed by atoms with Gasteiger partial charge in [0.05, 0.1) is 6.10 Å². The van der Waals surface area contributed by atoms with Crippen LogP contribution in [0.2, 0.25) is 0 Å². The van der Waals surface area contributed by atoms with Crippen LogP contribution in [0.25, 0.3) is 0 Å². The average molecular weight is 255 g/mol. The predicted octanol–water partition coefficient (Wildman–Crippen LogP) is 2.42. The zero-order chi connectivity index (χ0) is 13.8. The lowest BCUT2D eigenvalue weighted by molar-refractivity contribution is 0.119. The molecular weight excluding hydrogens is 233 g/mol. The van der Waals surface area contributed by atoms with Crippen molar-refractivity contribution in [3.05, 3.63) is 29.6 Å². The molecule has 1 aromatic carbocycles. The maximum Gasteiger partial charge on any atom is 0.123 e. The monoisotopic (exact) mass is 255 g/mol. The van der Waals surface area contributed by atoms with Crippen LogP contribution >= 0.6 is 0 Å². The average Bonchev–Trinajstić information content (AvgIpc) is 2.20. The zero-order valence-electron chi connectivity index (χ0n) is 11.2. The molecule has 0 saturated carbocycles. The summed E-state index contributed by atoms with van der Waals surface area (Å²) in [6.07, 6.45) is 0.246. The lowest BCUT2D eigenvalue weighted by Gasteiger charge is -2.22. The van der Waals surface area contributed by atoms with Gasteiger partial charge in [0.25, 0.3) is 0 Å². The van der Waals surface area contributed by atoms with Gasteiger partial charge in [-0.3, -0.25) is 0 Å². The van der Waals surface area contributed by atoms with Gasteiger partial charge < -0.3 is 15.5 Å². The topological polar surface area (TPSA) is 52.5 Å². The Bertz CT molecular complexity index is 388. The molecule has 0 aliphatic heterocycles. The van der Waals surface area contributed by atoms with E-state index < -0.39 is 6.10 Å². The molecule has 1 unspecified atom stereocenters. The highest BCUT2D eigenvalue weighted by Crippen LogP contribution is 2.21. The molecule has 0 aliphatic carbocycles. The molecule has 0 heterocycles. The third-order valence-corrected chi connectivity index (χ3v) is 2.58. The van der Waals surface area contributed by atoms with Gasteiger partial charge in [-0.2, -0.15) is 0 Å². The Balaban J connectivity index is 2.40. The van der Waals surface area contributed by atoms with Crippen molar-refractivity contribution in [2.24, 2.45) is 5.41 Å². The van der Waals surface area contributed by atoms with E-state index >= 15 is 0 Å². The van der Waals surface area contributed by atoms with E-state index in [4.69, 9.17) is 0 Å². The van der Waals surface area contributed by atoms with Crippen molar-refractivity contribution >= 4 is 0 Å². The zero-order valence-corrected chi connectivity index (χ0v) is 11.2. The highest BCUT2D eigenvalue weighted by atomic mass is 19.1. The molecule has 0 radical (unpaired) electrons. The maximum atomic E-state index is 13.0. The number of halogens is 1. The van der Waals surface area contributed by atoms with Crippen LogP contribution in [0.5, 0.6) is 5.75 Å². The van der Waals surface area contributed by atoms with Gasteiger partial charge >= 0.3 is 0 Å². The molecule has 1 rings (SSSR count). The number of aromatic hydroxyl groups is 1. The quantitative estimate of drug-likeness (QED) is 0.757. The van der Waals surface area contributed by atoms with Crippen molar-refractivity contribution in [1.82, 2.24) is 5.32 Å². The van der Waals surface area contributed by atoms with Crippen LogP contribution in [0.1, 0.15) is 32.8 Å². The van der Waals surface area contributed by atoms with E-state index in [-0.39, 0.29) is 17.0 Å². The molecule has 1 aromatic rings. The summed E-state index contributed by atoms with van der Waals surface area (Å²) in [5.41, 5.74) is 0.570. The largest absolute Gasteiger partial charge is 0.508 e. The Hall–Kier alpha value is -1.13. The fourth-order valence-corrected chi connectivity index (χ4v) is 1.85. The van der Waals surface area contributed by atoms with Gasteiger partial charge in [-0.15, -0.1) is 0 Å². The first-order chi connectivity index (χ1) is 8.28. The molecule has 3 N–H and O–H groups in total. The van der Waals surface area contributed by atoms with Crippen LogP contribution in [0.15, 0.2) is 18.2 Å². The van der Waals surface area contributed by atoms with E-state index in [0.717, 1.165) is 0 Å². The van der Waals surface area contributed by atoms with E-state index in [1.54, 1.807) is 0 Å². The Morgan fingerprint density at radius 3 is 2.61 bits per heavy atom. The van der Waals surface area contributed by atoms with Crippen molar-refractivity contribution < 1.29 is 14.6 Å². The Morgan fingerprint density at radius 1 is 1.33 bits per heavy atom. The number of aliphatic hydroxyl groups is 1. The van der Waals surface area contributed by atoms with Crippen molar-refractivity contribution in [1.29, 1.82) is 0 Å². The summed E-state index contributed by atoms with van der Waals surface area (Å²) in [4.78, 5) is 0. The lowest BCUT2D eigenvalue weighted by atomic mass is 9.89. The highest BCUT2D eigenvalue weighted by molar-refractivity contribution is 5.32. The summed E-state index contributed by atoms with van der Waals surface area (Å²) in [6.45, 7) is 6.95. The summed E-state index contributed by atoms with van der Waals surface area (Å²) in [5.74, 6) is -0.311. The van der Waals surface area contributed by atoms with Crippen LogP contribution < -0.4 is 5.32 Å². The molecule has 18 heavy (non-hydrogen) atoms. The van der Waals surface area contributed by atoms with Crippen LogP contribution in [-0.4, -0.2) is 22.9 Å². The van der Waals surface area contributed by atoms with Gasteiger partial charge in [0.1, 0.15) is 11.6 Å². The van der Waals surface area contributed by atoms with Crippen LogP contribution in [0.3, 0.4) is 0 Å². The van der Waals surface area contributed by atoms with Crippen LogP contribution in [-0.2, 0) is 6.54 Å². The van der Waals surface area contributed by atoms with E-state index in [9.17, 15) is 14.6 Å². The molecule has 1 atom stereocenters. The summed E-state index contributed by atoms with van der Waals surface area (Å²) in [5, 5.41) is 22.3. The number of nitrogens with one attached hydrogen (secondary N) is 1. The van der Waals surface area contributed by atoms with Gasteiger partial charge in [0.15, 0.2) is 0 Å². The van der Waals surface area contributed by atoms with Crippen molar-refractivity contribution in [3.63, 3.8) is 0 Å². The highest BCUT2D eigenvalue weighted by Gasteiger charge is 2.16. The number of aliphatic hydroxyl groups excluding tert-OH is 1. The number of phenolic OH excluding ortho intramolecular Hbond substituents is 1. The molecule has 4 heteroatoms. The fraction of sp³-hybridized carbons (Fsp3) is 0.571. The molecule has 0 fully saturated rings. The number of hydrogen-bond acceptors (Lipinski definition) is 3. The minimum absolute atomic E-state index is 0.0641. The number of rotatable bonds is 5. The van der Waals surface area contributed by atoms with E-state index in [1.165, 1.54) is 18.2 Å². The smallest absolute Gasteiger partial charge is 0.123 e. The first-order valence-electron chi connectivity index (χ1n) is 6.14. The van der Waals surface area contributed by atoms with Crippen molar-refractivity contribution in [2.75, 3.05) is 6.54 Å². The Kier molecular flexibility index (Phi) is 5.11. The first kappa shape index (κ1) is 14.9. The summed E-state index contributed by atoms with van der Waals surface area (Å²) < 4.78 is 13.0. The van der Waals surface area contributed by atoms with Crippen molar-refractivity contribution in [3.8, 4) is 5.75 Å². The van der Waals surface area contributed by atoms with Gasteiger partial charge in [0, 0.05) is 18.7 Å². The molecule has 0 aromatic heterocycles. The standard InChI is InChI=1S/C14H22FNO2/c1-14(2,3)7-12(17)9-16-8-10-6-11(15)4-5-13(10)18/h4-6,12,16-18H,7-9H2,1-3H3. The third-order valence-electron chi connectivity index (χ3n) is 2.58. The van der Waals surface area contributed by atoms with Gasteiger partial charge in [0.2, 0.25) is 0 Å². The molecule has 0 saturated heterocycles. The number of hydrogen-bond donors (Lipinski definition) is 3. The molecule has 0 spiro atoms. The molecule has 3 nitrogen and oxygen atoms in total. The summed E-state index contributed by atoms with van der Waals surface area (Å²) in [6, 6.07) is 3.84. The Morgan fingerprint density at radius 2 is 2.00 bits per heavy atom.